The van der Waals surface area contributed by atoms with E-state index in [1.807, 2.05) is 42.5 Å². The average Bonchev–Trinajstić information content (AvgIpc) is 2.91. The van der Waals surface area contributed by atoms with Crippen LogP contribution >= 0.6 is 0 Å². The van der Waals surface area contributed by atoms with Crippen molar-refractivity contribution in [1.82, 2.24) is 9.03 Å². The minimum atomic E-state index is -3.89. The Morgan fingerprint density at radius 3 is 2.37 bits per heavy atom. The molecule has 2 heterocycles. The number of piperazine rings is 1. The smallest absolute Gasteiger partial charge is 0.322 e. The van der Waals surface area contributed by atoms with Crippen molar-refractivity contribution in [3.05, 3.63) is 59.2 Å². The molecular weight excluding hydrogens is 506 g/mol. The van der Waals surface area contributed by atoms with Crippen LogP contribution in [0.25, 0.3) is 0 Å². The Bertz CT molecular complexity index is 1350. The Hall–Kier alpha value is -3.59. The van der Waals surface area contributed by atoms with Gasteiger partial charge in [-0.25, -0.2) is 0 Å². The topological polar surface area (TPSA) is 124 Å². The largest absolute Gasteiger partial charge is 0.480 e. The maximum atomic E-state index is 12.7. The highest BCUT2D eigenvalue weighted by Crippen LogP contribution is 2.24. The second-order valence-corrected chi connectivity index (χ2v) is 11.2. The van der Waals surface area contributed by atoms with E-state index >= 15 is 0 Å². The zero-order valence-electron chi connectivity index (χ0n) is 21.8. The van der Waals surface area contributed by atoms with Crippen molar-refractivity contribution in [2.75, 3.05) is 50.1 Å². The summed E-state index contributed by atoms with van der Waals surface area (Å²) in [7, 11) is -2.35. The summed E-state index contributed by atoms with van der Waals surface area (Å²) in [5.74, 6) is 4.88. The number of benzene rings is 2. The molecule has 0 saturated carbocycles. The van der Waals surface area contributed by atoms with Gasteiger partial charge in [-0.15, -0.1) is 0 Å². The predicted octanol–water partition coefficient (Wildman–Crippen LogP) is 2.32. The highest BCUT2D eigenvalue weighted by Gasteiger charge is 2.33. The van der Waals surface area contributed by atoms with Crippen molar-refractivity contribution in [2.24, 2.45) is 11.1 Å². The van der Waals surface area contributed by atoms with Crippen molar-refractivity contribution in [1.29, 1.82) is 0 Å². The third-order valence-electron chi connectivity index (χ3n) is 6.58. The summed E-state index contributed by atoms with van der Waals surface area (Å²) >= 11 is 0. The van der Waals surface area contributed by atoms with Crippen LogP contribution in [0.2, 0.25) is 0 Å². The summed E-state index contributed by atoms with van der Waals surface area (Å²) in [5.41, 5.74) is 5.65. The van der Waals surface area contributed by atoms with Crippen LogP contribution in [0.1, 0.15) is 37.0 Å². The quantitative estimate of drug-likeness (QED) is 0.364. The Kier molecular flexibility index (Phi) is 8.56. The molecule has 0 radical (unpaired) electrons. The average molecular weight is 540 g/mol. The lowest BCUT2D eigenvalue weighted by Crippen LogP contribution is -2.55. The van der Waals surface area contributed by atoms with E-state index in [-0.39, 0.29) is 19.0 Å². The second kappa shape index (κ2) is 11.9. The maximum Gasteiger partial charge on any atom is 0.322 e. The fraction of sp³-hybridized carbons (Fsp3) is 0.407. The Labute approximate surface area is 223 Å². The molecule has 1 saturated heterocycles. The summed E-state index contributed by atoms with van der Waals surface area (Å²) in [6.07, 6.45) is 0.788. The van der Waals surface area contributed by atoms with Gasteiger partial charge in [0.2, 0.25) is 0 Å². The number of hydrogen-bond donors (Lipinski definition) is 3. The lowest BCUT2D eigenvalue weighted by Gasteiger charge is -2.36. The van der Waals surface area contributed by atoms with Crippen LogP contribution in [0.3, 0.4) is 0 Å². The lowest BCUT2D eigenvalue weighted by molar-refractivity contribution is -0.140. The van der Waals surface area contributed by atoms with E-state index in [0.29, 0.717) is 13.1 Å². The van der Waals surface area contributed by atoms with Crippen LogP contribution in [0, 0.1) is 17.8 Å². The Balaban J connectivity index is 1.38. The number of nitrogens with one attached hydrogen (secondary N) is 2. The van der Waals surface area contributed by atoms with Gasteiger partial charge in [-0.2, -0.15) is 17.4 Å². The number of aliphatic carboxylic acids is 1. The van der Waals surface area contributed by atoms with Crippen molar-refractivity contribution >= 4 is 33.3 Å². The van der Waals surface area contributed by atoms with E-state index in [1.54, 1.807) is 21.0 Å². The Morgan fingerprint density at radius 1 is 1.08 bits per heavy atom. The highest BCUT2D eigenvalue weighted by atomic mass is 32.2. The van der Waals surface area contributed by atoms with Gasteiger partial charge in [-0.1, -0.05) is 30.8 Å². The van der Waals surface area contributed by atoms with Crippen LogP contribution < -0.4 is 14.9 Å². The molecule has 10 nitrogen and oxygen atoms in total. The van der Waals surface area contributed by atoms with Gasteiger partial charge < -0.3 is 20.2 Å². The van der Waals surface area contributed by atoms with Crippen LogP contribution in [0.5, 0.6) is 0 Å². The van der Waals surface area contributed by atoms with Gasteiger partial charge >= 0.3 is 5.97 Å². The van der Waals surface area contributed by atoms with Crippen molar-refractivity contribution < 1.29 is 23.2 Å². The number of anilines is 2. The van der Waals surface area contributed by atoms with E-state index < -0.39 is 22.2 Å². The van der Waals surface area contributed by atoms with Gasteiger partial charge in [0.1, 0.15) is 13.2 Å². The summed E-state index contributed by atoms with van der Waals surface area (Å²) in [4.78, 5) is 18.5. The molecule has 3 N–H and O–H groups in total. The normalized spacial score (nSPS) is 17.8. The fourth-order valence-corrected chi connectivity index (χ4v) is 5.95. The van der Waals surface area contributed by atoms with Gasteiger partial charge in [0.15, 0.2) is 0 Å². The number of carboxylic acids is 1. The number of nitrogens with zero attached hydrogens (tertiary/aromatic N) is 3. The molecule has 202 valence electrons. The summed E-state index contributed by atoms with van der Waals surface area (Å²) in [6.45, 7) is 5.69. The SMILES string of the molecule is CON=C1CCNc2ccc(C#Cc3ccc(N4CCN(S(=O)(=O)NC(C(=O)O)C(C)C)CC4)cc3)cc21. The minimum absolute atomic E-state index is 0.267. The lowest BCUT2D eigenvalue weighted by atomic mass is 9.99. The molecule has 1 atom stereocenters. The monoisotopic (exact) mass is 539 g/mol. The molecule has 2 aliphatic heterocycles. The fourth-order valence-electron chi connectivity index (χ4n) is 4.46. The van der Waals surface area contributed by atoms with Crippen molar-refractivity contribution in [3.63, 3.8) is 0 Å². The van der Waals surface area contributed by atoms with E-state index in [2.05, 4.69) is 31.9 Å². The molecule has 4 rings (SSSR count). The van der Waals surface area contributed by atoms with Crippen LogP contribution in [-0.2, 0) is 19.8 Å². The molecule has 38 heavy (non-hydrogen) atoms. The predicted molar refractivity (Wildman–Crippen MR) is 148 cm³/mol. The van der Waals surface area contributed by atoms with E-state index in [4.69, 9.17) is 4.84 Å². The summed E-state index contributed by atoms with van der Waals surface area (Å²) < 4.78 is 29.1. The minimum Gasteiger partial charge on any atom is -0.480 e. The molecule has 2 aromatic rings. The third-order valence-corrected chi connectivity index (χ3v) is 8.18. The number of carboxylic acid groups (broad SMARTS) is 1. The van der Waals surface area contributed by atoms with Gasteiger partial charge in [-0.05, 0) is 48.4 Å². The number of fused-ring (bicyclic) bond motifs is 1. The molecule has 0 spiro atoms. The van der Waals surface area contributed by atoms with Gasteiger partial charge in [0.25, 0.3) is 10.2 Å². The third kappa shape index (κ3) is 6.45. The highest BCUT2D eigenvalue weighted by molar-refractivity contribution is 7.87. The van der Waals surface area contributed by atoms with Crippen molar-refractivity contribution in [2.45, 2.75) is 26.3 Å². The van der Waals surface area contributed by atoms with Gasteiger partial charge in [0, 0.05) is 67.2 Å². The van der Waals surface area contributed by atoms with Crippen LogP contribution in [0.4, 0.5) is 11.4 Å². The number of rotatable bonds is 7. The van der Waals surface area contributed by atoms with E-state index in [9.17, 15) is 18.3 Å². The zero-order chi connectivity index (χ0) is 27.3. The molecule has 0 amide bonds. The maximum absolute atomic E-state index is 12.7. The van der Waals surface area contributed by atoms with E-state index in [1.165, 1.54) is 4.31 Å². The first-order chi connectivity index (χ1) is 18.2. The van der Waals surface area contributed by atoms with Gasteiger partial charge in [-0.3, -0.25) is 4.79 Å². The standard InChI is InChI=1S/C27H33N5O5S/c1-19(2)26(27(33)34)30-38(35,36)32-16-14-31(15-17-32)22-9-6-20(7-10-22)4-5-21-8-11-24-23(18-21)25(29-37-3)12-13-28-24/h6-11,18-19,26,28,30H,12-17H2,1-3H3,(H,33,34). The first-order valence-electron chi connectivity index (χ1n) is 12.5. The molecule has 0 bridgehead atoms. The zero-order valence-corrected chi connectivity index (χ0v) is 22.6. The summed E-state index contributed by atoms with van der Waals surface area (Å²) in [5, 5.41) is 16.8. The molecule has 0 aromatic heterocycles. The van der Waals surface area contributed by atoms with Crippen LogP contribution in [0.15, 0.2) is 47.6 Å². The van der Waals surface area contributed by atoms with Crippen LogP contribution in [-0.4, -0.2) is 75.4 Å². The molecule has 1 fully saturated rings. The van der Waals surface area contributed by atoms with Gasteiger partial charge in [0.05, 0.1) is 5.71 Å². The first kappa shape index (κ1) is 27.4. The molecular formula is C27H33N5O5S. The van der Waals surface area contributed by atoms with E-state index in [0.717, 1.165) is 46.7 Å². The number of oxime groups is 1. The molecule has 1 unspecified atom stereocenters. The molecule has 0 aliphatic carbocycles. The Morgan fingerprint density at radius 2 is 1.74 bits per heavy atom. The summed E-state index contributed by atoms with van der Waals surface area (Å²) in [6, 6.07) is 12.7. The first-order valence-corrected chi connectivity index (χ1v) is 14.0. The molecule has 2 aromatic carbocycles. The number of carbonyl (C=O) groups is 1. The molecule has 11 heteroatoms. The molecule has 2 aliphatic rings. The van der Waals surface area contributed by atoms with Crippen molar-refractivity contribution in [3.8, 4) is 11.8 Å². The number of hydrogen-bond acceptors (Lipinski definition) is 7. The second-order valence-electron chi connectivity index (χ2n) is 9.52.